The highest BCUT2D eigenvalue weighted by Gasteiger charge is 2.45. The molecule has 2 aromatic carbocycles. The molecule has 3 rings (SSSR count). The largest absolute Gasteiger partial charge is 0.409 e. The minimum Gasteiger partial charge on any atom is -0.344 e. The summed E-state index contributed by atoms with van der Waals surface area (Å²) in [6.07, 6.45) is -3.79. The van der Waals surface area contributed by atoms with Gasteiger partial charge in [-0.3, -0.25) is 9.80 Å². The summed E-state index contributed by atoms with van der Waals surface area (Å²) in [6, 6.07) is 9.11. The third kappa shape index (κ3) is 4.28. The highest BCUT2D eigenvalue weighted by Crippen LogP contribution is 2.34. The van der Waals surface area contributed by atoms with Crippen LogP contribution in [0.2, 0.25) is 5.02 Å². The monoisotopic (exact) mass is 413 g/mol. The van der Waals surface area contributed by atoms with Gasteiger partial charge in [0.1, 0.15) is 17.6 Å². The molecule has 2 aromatic rings. The molecule has 0 aromatic heterocycles. The van der Waals surface area contributed by atoms with E-state index in [1.807, 2.05) is 0 Å². The quantitative estimate of drug-likeness (QED) is 0.726. The van der Waals surface area contributed by atoms with Crippen molar-refractivity contribution in [3.8, 4) is 0 Å². The average Bonchev–Trinajstić information content (AvgIpc) is 3.08. The van der Waals surface area contributed by atoms with E-state index >= 15 is 0 Å². The maximum atomic E-state index is 13.2. The van der Waals surface area contributed by atoms with Crippen LogP contribution in [0.1, 0.15) is 18.5 Å². The minimum absolute atomic E-state index is 0.183. The molecule has 1 amide bonds. The lowest BCUT2D eigenvalue weighted by Crippen LogP contribution is -2.46. The molecule has 0 saturated heterocycles. The summed E-state index contributed by atoms with van der Waals surface area (Å²) in [7, 11) is 0. The van der Waals surface area contributed by atoms with Gasteiger partial charge in [0, 0.05) is 0 Å². The number of carbonyl (C=O) groups excluding carboxylic acids is 1. The van der Waals surface area contributed by atoms with Gasteiger partial charge in [0.2, 0.25) is 0 Å². The lowest BCUT2D eigenvalue weighted by Gasteiger charge is -2.26. The van der Waals surface area contributed by atoms with E-state index < -0.39 is 30.0 Å². The van der Waals surface area contributed by atoms with Crippen LogP contribution in [0, 0.1) is 5.82 Å². The van der Waals surface area contributed by atoms with Crippen LogP contribution < -0.4 is 15.8 Å². The van der Waals surface area contributed by atoms with Crippen molar-refractivity contribution in [1.29, 1.82) is 0 Å². The van der Waals surface area contributed by atoms with E-state index in [0.29, 0.717) is 5.56 Å². The van der Waals surface area contributed by atoms with E-state index in [-0.39, 0.29) is 16.4 Å². The van der Waals surface area contributed by atoms with Crippen LogP contribution in [0.25, 0.3) is 0 Å². The van der Waals surface area contributed by atoms with Gasteiger partial charge in [-0.25, -0.2) is 9.82 Å². The van der Waals surface area contributed by atoms with Crippen LogP contribution in [0.5, 0.6) is 0 Å². The summed E-state index contributed by atoms with van der Waals surface area (Å²) in [4.78, 5) is 12.7. The third-order valence-corrected chi connectivity index (χ3v) is 4.55. The summed E-state index contributed by atoms with van der Waals surface area (Å²) in [6.45, 7) is 1.65. The smallest absolute Gasteiger partial charge is 0.344 e. The second-order valence-electron chi connectivity index (χ2n) is 6.23. The lowest BCUT2D eigenvalue weighted by molar-refractivity contribution is -0.142. The van der Waals surface area contributed by atoms with Crippen molar-refractivity contribution in [3.63, 3.8) is 0 Å². The van der Waals surface area contributed by atoms with Crippen molar-refractivity contribution in [1.82, 2.24) is 10.7 Å². The molecule has 1 aliphatic rings. The van der Waals surface area contributed by atoms with Crippen molar-refractivity contribution in [3.05, 3.63) is 76.7 Å². The van der Waals surface area contributed by atoms with E-state index in [0.717, 1.165) is 11.1 Å². The Morgan fingerprint density at radius 2 is 1.82 bits per heavy atom. The molecule has 1 heterocycles. The standard InChI is InChI=1S/C19H16ClF4N3O/c1-11(12-6-8-13(21)9-7-12)25-18(28)16-10-17(19(22,23)24)26-27(16)15-5-3-2-4-14(15)20/h2-11,17,26H,1H3,(H,25,28). The van der Waals surface area contributed by atoms with E-state index in [9.17, 15) is 22.4 Å². The Bertz CT molecular complexity index is 899. The Balaban J connectivity index is 1.87. The van der Waals surface area contributed by atoms with Crippen LogP contribution in [0.15, 0.2) is 60.3 Å². The first-order chi connectivity index (χ1) is 13.2. The Morgan fingerprint density at radius 3 is 2.43 bits per heavy atom. The molecule has 2 atom stereocenters. The number of nitrogens with zero attached hydrogens (tertiary/aromatic N) is 1. The van der Waals surface area contributed by atoms with Crippen molar-refractivity contribution < 1.29 is 22.4 Å². The van der Waals surface area contributed by atoms with Crippen molar-refractivity contribution in [2.24, 2.45) is 0 Å². The molecule has 2 unspecified atom stereocenters. The van der Waals surface area contributed by atoms with Gasteiger partial charge >= 0.3 is 6.18 Å². The van der Waals surface area contributed by atoms with Gasteiger partial charge in [-0.15, -0.1) is 0 Å². The first-order valence-corrected chi connectivity index (χ1v) is 8.70. The summed E-state index contributed by atoms with van der Waals surface area (Å²) in [5.74, 6) is -1.15. The van der Waals surface area contributed by atoms with Crippen LogP contribution in [0.4, 0.5) is 23.2 Å². The van der Waals surface area contributed by atoms with Gasteiger partial charge in [0.15, 0.2) is 0 Å². The van der Waals surface area contributed by atoms with Crippen molar-refractivity contribution >= 4 is 23.2 Å². The Kier molecular flexibility index (Phi) is 5.62. The highest BCUT2D eigenvalue weighted by molar-refractivity contribution is 6.33. The van der Waals surface area contributed by atoms with Gasteiger partial charge in [-0.2, -0.15) is 13.2 Å². The van der Waals surface area contributed by atoms with Crippen molar-refractivity contribution in [2.45, 2.75) is 25.2 Å². The van der Waals surface area contributed by atoms with E-state index in [4.69, 9.17) is 11.6 Å². The molecule has 0 fully saturated rings. The first-order valence-electron chi connectivity index (χ1n) is 8.32. The summed E-state index contributed by atoms with van der Waals surface area (Å²) >= 11 is 6.10. The van der Waals surface area contributed by atoms with Crippen LogP contribution in [-0.2, 0) is 4.79 Å². The molecular weight excluding hydrogens is 398 g/mol. The molecule has 28 heavy (non-hydrogen) atoms. The molecule has 1 aliphatic heterocycles. The molecule has 0 saturated carbocycles. The average molecular weight is 414 g/mol. The van der Waals surface area contributed by atoms with Gasteiger partial charge in [-0.1, -0.05) is 35.9 Å². The second kappa shape index (κ2) is 7.81. The predicted octanol–water partition coefficient (Wildman–Crippen LogP) is 4.50. The normalized spacial score (nSPS) is 18.0. The number of hydrogen-bond acceptors (Lipinski definition) is 3. The molecule has 0 radical (unpaired) electrons. The number of anilines is 1. The van der Waals surface area contributed by atoms with Gasteiger partial charge < -0.3 is 5.32 Å². The maximum Gasteiger partial charge on any atom is 0.409 e. The predicted molar refractivity (Wildman–Crippen MR) is 98.0 cm³/mol. The van der Waals surface area contributed by atoms with Crippen LogP contribution in [-0.4, -0.2) is 18.1 Å². The zero-order valence-electron chi connectivity index (χ0n) is 14.6. The second-order valence-corrected chi connectivity index (χ2v) is 6.64. The summed E-state index contributed by atoms with van der Waals surface area (Å²) in [5, 5.41) is 3.83. The van der Waals surface area contributed by atoms with E-state index in [2.05, 4.69) is 10.7 Å². The molecule has 148 valence electrons. The SMILES string of the molecule is CC(NC(=O)C1=CC(C(F)(F)F)NN1c1ccccc1Cl)c1ccc(F)cc1. The Hall–Kier alpha value is -2.58. The van der Waals surface area contributed by atoms with Crippen molar-refractivity contribution in [2.75, 3.05) is 5.01 Å². The first kappa shape index (κ1) is 20.2. The number of para-hydroxylation sites is 1. The molecule has 0 aliphatic carbocycles. The number of alkyl halides is 3. The number of nitrogens with one attached hydrogen (secondary N) is 2. The molecule has 2 N–H and O–H groups in total. The number of benzene rings is 2. The number of rotatable bonds is 4. The van der Waals surface area contributed by atoms with E-state index in [1.165, 1.54) is 36.4 Å². The van der Waals surface area contributed by atoms with Crippen LogP contribution in [0.3, 0.4) is 0 Å². The van der Waals surface area contributed by atoms with Crippen LogP contribution >= 0.6 is 11.6 Å². The number of hydrazine groups is 1. The molecule has 0 spiro atoms. The fourth-order valence-electron chi connectivity index (χ4n) is 2.76. The Labute approximate surface area is 163 Å². The topological polar surface area (TPSA) is 44.4 Å². The lowest BCUT2D eigenvalue weighted by atomic mass is 10.1. The molecule has 0 bridgehead atoms. The van der Waals surface area contributed by atoms with Gasteiger partial charge in [0.25, 0.3) is 5.91 Å². The van der Waals surface area contributed by atoms with E-state index in [1.54, 1.807) is 19.1 Å². The number of carbonyl (C=O) groups is 1. The highest BCUT2D eigenvalue weighted by atomic mass is 35.5. The zero-order chi connectivity index (χ0) is 20.5. The third-order valence-electron chi connectivity index (χ3n) is 4.23. The van der Waals surface area contributed by atoms with Gasteiger partial charge in [-0.05, 0) is 42.8 Å². The minimum atomic E-state index is -4.59. The van der Waals surface area contributed by atoms with Gasteiger partial charge in [0.05, 0.1) is 16.8 Å². The number of hydrogen-bond donors (Lipinski definition) is 2. The molecular formula is C19H16ClF4N3O. The fourth-order valence-corrected chi connectivity index (χ4v) is 2.98. The Morgan fingerprint density at radius 1 is 1.18 bits per heavy atom. The fraction of sp³-hybridized carbons (Fsp3) is 0.211. The summed E-state index contributed by atoms with van der Waals surface area (Å²) in [5.41, 5.74) is 2.85. The molecule has 9 heteroatoms. The number of amides is 1. The summed E-state index contributed by atoms with van der Waals surface area (Å²) < 4.78 is 52.7. The number of halogens is 5. The maximum absolute atomic E-state index is 13.2. The zero-order valence-corrected chi connectivity index (χ0v) is 15.4. The molecule has 4 nitrogen and oxygen atoms in total.